The average Bonchev–Trinajstić information content (AvgIpc) is 2.70. The molecule has 1 unspecified atom stereocenters. The Morgan fingerprint density at radius 3 is 2.68 bits per heavy atom. The van der Waals surface area contributed by atoms with Crippen molar-refractivity contribution in [2.24, 2.45) is 0 Å². The quantitative estimate of drug-likeness (QED) is 0.842. The highest BCUT2D eigenvalue weighted by Gasteiger charge is 2.18. The molecule has 1 aromatic carbocycles. The molecule has 2 aromatic rings. The summed E-state index contributed by atoms with van der Waals surface area (Å²) in [6.45, 7) is 7.14. The third-order valence-electron chi connectivity index (χ3n) is 2.98. The molecule has 0 radical (unpaired) electrons. The van der Waals surface area contributed by atoms with E-state index >= 15 is 0 Å². The Morgan fingerprint density at radius 2 is 2.16 bits per heavy atom. The summed E-state index contributed by atoms with van der Waals surface area (Å²) < 4.78 is 0.916. The molecule has 1 aromatic heterocycles. The molecule has 2 rings (SSSR count). The lowest BCUT2D eigenvalue weighted by Crippen LogP contribution is -2.21. The van der Waals surface area contributed by atoms with Gasteiger partial charge in [-0.2, -0.15) is 0 Å². The first-order chi connectivity index (χ1) is 9.02. The van der Waals surface area contributed by atoms with E-state index in [-0.39, 0.29) is 6.04 Å². The smallest absolute Gasteiger partial charge is 0.115 e. The molecule has 1 heterocycles. The number of aryl methyl sites for hydroxylation is 2. The number of nitrogens with one attached hydrogen (secondary N) is 1. The van der Waals surface area contributed by atoms with Crippen molar-refractivity contribution in [3.05, 3.63) is 48.8 Å². The number of rotatable bonds is 4. The Labute approximate surface area is 131 Å². The summed E-state index contributed by atoms with van der Waals surface area (Å²) in [5, 5.41) is 5.30. The van der Waals surface area contributed by atoms with E-state index in [0.29, 0.717) is 0 Å². The van der Waals surface area contributed by atoms with Gasteiger partial charge >= 0.3 is 0 Å². The van der Waals surface area contributed by atoms with Crippen molar-refractivity contribution >= 4 is 38.9 Å². The zero-order valence-corrected chi connectivity index (χ0v) is 14.3. The first kappa shape index (κ1) is 15.0. The second-order valence-electron chi connectivity index (χ2n) is 4.36. The molecule has 0 bridgehead atoms. The number of hydrogen-bond donors (Lipinski definition) is 1. The van der Waals surface area contributed by atoms with Crippen molar-refractivity contribution in [2.75, 3.05) is 6.54 Å². The zero-order chi connectivity index (χ0) is 14.0. The highest BCUT2D eigenvalue weighted by atomic mass is 79.9. The Morgan fingerprint density at radius 1 is 1.42 bits per heavy atom. The van der Waals surface area contributed by atoms with E-state index in [1.165, 1.54) is 4.88 Å². The van der Waals surface area contributed by atoms with Gasteiger partial charge in [0.15, 0.2) is 0 Å². The van der Waals surface area contributed by atoms with E-state index in [2.05, 4.69) is 46.1 Å². The van der Waals surface area contributed by atoms with Gasteiger partial charge in [0.1, 0.15) is 5.01 Å². The third-order valence-corrected chi connectivity index (χ3v) is 5.35. The second kappa shape index (κ2) is 6.35. The van der Waals surface area contributed by atoms with Gasteiger partial charge in [0.2, 0.25) is 0 Å². The van der Waals surface area contributed by atoms with Gasteiger partial charge in [-0.05, 0) is 54.0 Å². The highest BCUT2D eigenvalue weighted by Crippen LogP contribution is 2.31. The molecule has 0 amide bonds. The number of halogens is 2. The molecule has 5 heteroatoms. The van der Waals surface area contributed by atoms with Crippen LogP contribution in [-0.2, 0) is 0 Å². The van der Waals surface area contributed by atoms with Crippen LogP contribution in [0.15, 0.2) is 22.7 Å². The molecule has 102 valence electrons. The third kappa shape index (κ3) is 3.37. The van der Waals surface area contributed by atoms with E-state index in [1.807, 2.05) is 19.1 Å². The van der Waals surface area contributed by atoms with E-state index < -0.39 is 0 Å². The largest absolute Gasteiger partial charge is 0.305 e. The minimum atomic E-state index is 0.105. The van der Waals surface area contributed by atoms with Gasteiger partial charge in [-0.15, -0.1) is 11.3 Å². The minimum absolute atomic E-state index is 0.105. The maximum atomic E-state index is 6.19. The molecule has 0 saturated heterocycles. The van der Waals surface area contributed by atoms with Crippen molar-refractivity contribution in [3.63, 3.8) is 0 Å². The number of thiazole rings is 1. The summed E-state index contributed by atoms with van der Waals surface area (Å²) in [4.78, 5) is 5.92. The first-order valence-corrected chi connectivity index (χ1v) is 8.14. The van der Waals surface area contributed by atoms with Gasteiger partial charge in [0.05, 0.1) is 16.8 Å². The van der Waals surface area contributed by atoms with Crippen LogP contribution in [0.4, 0.5) is 0 Å². The number of aromatic nitrogens is 1. The average molecular weight is 360 g/mol. The summed E-state index contributed by atoms with van der Waals surface area (Å²) in [6, 6.07) is 6.16. The number of benzene rings is 1. The van der Waals surface area contributed by atoms with Crippen LogP contribution >= 0.6 is 38.9 Å². The molecule has 0 aliphatic carbocycles. The van der Waals surface area contributed by atoms with Crippen molar-refractivity contribution in [1.82, 2.24) is 10.3 Å². The highest BCUT2D eigenvalue weighted by molar-refractivity contribution is 9.10. The molecule has 19 heavy (non-hydrogen) atoms. The molecule has 0 spiro atoms. The van der Waals surface area contributed by atoms with E-state index in [9.17, 15) is 0 Å². The Kier molecular flexibility index (Phi) is 5.01. The standard InChI is InChI=1S/C14H16BrClN2S/c1-4-17-13(14-18-8(2)9(3)19-14)10-5-6-11(15)12(16)7-10/h5-7,13,17H,4H2,1-3H3. The van der Waals surface area contributed by atoms with E-state index in [1.54, 1.807) is 11.3 Å². The number of hydrogen-bond acceptors (Lipinski definition) is 3. The van der Waals surface area contributed by atoms with Crippen LogP contribution in [0.2, 0.25) is 5.02 Å². The van der Waals surface area contributed by atoms with Crippen LogP contribution in [0.5, 0.6) is 0 Å². The molecule has 2 nitrogen and oxygen atoms in total. The molecule has 0 saturated carbocycles. The second-order valence-corrected chi connectivity index (χ2v) is 6.85. The van der Waals surface area contributed by atoms with E-state index in [4.69, 9.17) is 11.6 Å². The van der Waals surface area contributed by atoms with Gasteiger partial charge in [-0.3, -0.25) is 0 Å². The normalized spacial score (nSPS) is 12.7. The molecule has 0 aliphatic heterocycles. The lowest BCUT2D eigenvalue weighted by Gasteiger charge is -2.16. The van der Waals surface area contributed by atoms with E-state index in [0.717, 1.165) is 32.3 Å². The van der Waals surface area contributed by atoms with Gasteiger partial charge in [-0.1, -0.05) is 24.6 Å². The molecule has 0 fully saturated rings. The topological polar surface area (TPSA) is 24.9 Å². The SMILES string of the molecule is CCNC(c1ccc(Br)c(Cl)c1)c1nc(C)c(C)s1. The first-order valence-electron chi connectivity index (χ1n) is 6.15. The van der Waals surface area contributed by atoms with Crippen LogP contribution in [0, 0.1) is 13.8 Å². The Bertz CT molecular complexity index is 563. The van der Waals surface area contributed by atoms with Gasteiger partial charge in [0, 0.05) is 9.35 Å². The molecule has 1 atom stereocenters. The summed E-state index contributed by atoms with van der Waals surface area (Å²) >= 11 is 11.4. The summed E-state index contributed by atoms with van der Waals surface area (Å²) in [5.41, 5.74) is 2.25. The van der Waals surface area contributed by atoms with Crippen LogP contribution in [-0.4, -0.2) is 11.5 Å². The fraction of sp³-hybridized carbons (Fsp3) is 0.357. The van der Waals surface area contributed by atoms with Crippen LogP contribution in [0.25, 0.3) is 0 Å². The maximum absolute atomic E-state index is 6.19. The fourth-order valence-corrected chi connectivity index (χ4v) is 3.33. The lowest BCUT2D eigenvalue weighted by atomic mass is 10.1. The van der Waals surface area contributed by atoms with Crippen molar-refractivity contribution in [1.29, 1.82) is 0 Å². The molecule has 0 aliphatic rings. The maximum Gasteiger partial charge on any atom is 0.115 e. The molecular weight excluding hydrogens is 344 g/mol. The zero-order valence-electron chi connectivity index (χ0n) is 11.1. The summed E-state index contributed by atoms with van der Waals surface area (Å²) in [5.74, 6) is 0. The number of nitrogens with zero attached hydrogens (tertiary/aromatic N) is 1. The van der Waals surface area contributed by atoms with Crippen molar-refractivity contribution < 1.29 is 0 Å². The van der Waals surface area contributed by atoms with Gasteiger partial charge in [-0.25, -0.2) is 4.98 Å². The summed E-state index contributed by atoms with van der Waals surface area (Å²) in [7, 11) is 0. The van der Waals surface area contributed by atoms with Crippen LogP contribution in [0.1, 0.15) is 34.1 Å². The minimum Gasteiger partial charge on any atom is -0.305 e. The van der Waals surface area contributed by atoms with Crippen molar-refractivity contribution in [3.8, 4) is 0 Å². The van der Waals surface area contributed by atoms with Crippen molar-refractivity contribution in [2.45, 2.75) is 26.8 Å². The molecular formula is C14H16BrClN2S. The van der Waals surface area contributed by atoms with Crippen LogP contribution < -0.4 is 5.32 Å². The summed E-state index contributed by atoms with van der Waals surface area (Å²) in [6.07, 6.45) is 0. The van der Waals surface area contributed by atoms with Gasteiger partial charge in [0.25, 0.3) is 0 Å². The predicted molar refractivity (Wildman–Crippen MR) is 86.3 cm³/mol. The monoisotopic (exact) mass is 358 g/mol. The predicted octanol–water partition coefficient (Wildman–Crippen LogP) is 4.87. The lowest BCUT2D eigenvalue weighted by molar-refractivity contribution is 0.626. The van der Waals surface area contributed by atoms with Crippen LogP contribution in [0.3, 0.4) is 0 Å². The molecule has 1 N–H and O–H groups in total. The van der Waals surface area contributed by atoms with Gasteiger partial charge < -0.3 is 5.32 Å². The fourth-order valence-electron chi connectivity index (χ4n) is 1.86. The Hall–Kier alpha value is -0.420. The Balaban J connectivity index is 2.41.